The largest absolute Gasteiger partial charge is 1.00 e. The maximum Gasteiger partial charge on any atom is 1.00 e. The van der Waals surface area contributed by atoms with Gasteiger partial charge in [0, 0.05) is 23.9 Å². The average Bonchev–Trinajstić information content (AvgIpc) is 3.10. The van der Waals surface area contributed by atoms with Gasteiger partial charge < -0.3 is 19.7 Å². The maximum absolute atomic E-state index is 11.8. The first-order valence-corrected chi connectivity index (χ1v) is 19.2. The van der Waals surface area contributed by atoms with Crippen LogP contribution in [-0.2, 0) is 20.2 Å². The summed E-state index contributed by atoms with van der Waals surface area (Å²) in [7, 11) is -9.33. The zero-order valence-electron chi connectivity index (χ0n) is 30.7. The Balaban J connectivity index is 0.00000325. The van der Waals surface area contributed by atoms with Crippen molar-refractivity contribution in [2.24, 2.45) is 20.5 Å². The normalized spacial score (nSPS) is 11.9. The minimum Gasteiger partial charge on any atom is -0.744 e. The molecule has 0 aliphatic heterocycles. The van der Waals surface area contributed by atoms with E-state index in [1.165, 1.54) is 24.3 Å². The Morgan fingerprint density at radius 3 is 1.22 bits per heavy atom. The van der Waals surface area contributed by atoms with Gasteiger partial charge in [0.25, 0.3) is 0 Å². The second-order valence-electron chi connectivity index (χ2n) is 12.1. The molecule has 0 unspecified atom stereocenters. The third-order valence-electron chi connectivity index (χ3n) is 8.48. The van der Waals surface area contributed by atoms with Crippen LogP contribution in [0.15, 0.2) is 127 Å². The molecule has 0 heterocycles. The number of hydrogen-bond donors (Lipinski definition) is 2. The summed E-state index contributed by atoms with van der Waals surface area (Å²) in [4.78, 5) is -0.681. The second kappa shape index (κ2) is 17.9. The van der Waals surface area contributed by atoms with Crippen LogP contribution in [0, 0.1) is 13.8 Å². The Morgan fingerprint density at radius 2 is 0.889 bits per heavy atom. The van der Waals surface area contributed by atoms with Gasteiger partial charge in [-0.3, -0.25) is 0 Å². The smallest absolute Gasteiger partial charge is 0.744 e. The molecule has 0 fully saturated rings. The molecular formula is C38H34N6Na2O6S2. The van der Waals surface area contributed by atoms with Gasteiger partial charge in [0.2, 0.25) is 0 Å². The van der Waals surface area contributed by atoms with E-state index < -0.39 is 20.2 Å². The number of nitrogens with zero attached hydrogens (tertiary/aromatic N) is 4. The fourth-order valence-electron chi connectivity index (χ4n) is 5.86. The molecule has 0 bridgehead atoms. The third-order valence-corrected chi connectivity index (χ3v) is 10.1. The van der Waals surface area contributed by atoms with E-state index in [1.807, 2.05) is 88.4 Å². The number of aryl methyl sites for hydroxylation is 2. The molecule has 2 N–H and O–H groups in total. The van der Waals surface area contributed by atoms with E-state index in [0.29, 0.717) is 68.8 Å². The Kier molecular flexibility index (Phi) is 14.4. The van der Waals surface area contributed by atoms with Crippen molar-refractivity contribution in [1.82, 2.24) is 0 Å². The van der Waals surface area contributed by atoms with Crippen LogP contribution in [0.4, 0.5) is 34.1 Å². The molecule has 0 atom stereocenters. The number of azo groups is 2. The molecule has 12 nitrogen and oxygen atoms in total. The van der Waals surface area contributed by atoms with Gasteiger partial charge >= 0.3 is 59.1 Å². The van der Waals surface area contributed by atoms with Gasteiger partial charge in [-0.05, 0) is 121 Å². The summed E-state index contributed by atoms with van der Waals surface area (Å²) in [5, 5.41) is 26.9. The Bertz CT molecular complexity index is 2470. The van der Waals surface area contributed by atoms with Crippen LogP contribution in [-0.4, -0.2) is 39.0 Å². The zero-order valence-corrected chi connectivity index (χ0v) is 36.3. The first-order valence-electron chi connectivity index (χ1n) is 16.3. The summed E-state index contributed by atoms with van der Waals surface area (Å²) in [5.74, 6) is 0. The topological polar surface area (TPSA) is 188 Å². The number of anilines is 2. The molecule has 0 saturated heterocycles. The van der Waals surface area contributed by atoms with Crippen LogP contribution in [0.1, 0.15) is 25.0 Å². The fourth-order valence-corrected chi connectivity index (χ4v) is 6.85. The predicted octanol–water partition coefficient (Wildman–Crippen LogP) is 3.79. The van der Waals surface area contributed by atoms with E-state index in [4.69, 9.17) is 0 Å². The Morgan fingerprint density at radius 1 is 0.519 bits per heavy atom. The van der Waals surface area contributed by atoms with Gasteiger partial charge in [-0.2, -0.15) is 10.2 Å². The second-order valence-corrected chi connectivity index (χ2v) is 14.8. The molecule has 54 heavy (non-hydrogen) atoms. The summed E-state index contributed by atoms with van der Waals surface area (Å²) in [5.41, 5.74) is 6.93. The van der Waals surface area contributed by atoms with Gasteiger partial charge in [0.15, 0.2) is 0 Å². The molecule has 0 spiro atoms. The molecule has 16 heteroatoms. The summed E-state index contributed by atoms with van der Waals surface area (Å²) < 4.78 is 70.5. The molecule has 0 aromatic heterocycles. The van der Waals surface area contributed by atoms with E-state index in [0.717, 1.165) is 22.3 Å². The summed E-state index contributed by atoms with van der Waals surface area (Å²) in [6.07, 6.45) is 0. The molecule has 0 aliphatic carbocycles. The first kappa shape index (κ1) is 43.2. The maximum atomic E-state index is 11.8. The summed E-state index contributed by atoms with van der Waals surface area (Å²) in [6, 6.07) is 27.2. The van der Waals surface area contributed by atoms with Crippen molar-refractivity contribution in [3.8, 4) is 11.1 Å². The van der Waals surface area contributed by atoms with Gasteiger partial charge in [0.1, 0.15) is 31.6 Å². The van der Waals surface area contributed by atoms with Gasteiger partial charge in [-0.15, -0.1) is 10.2 Å². The molecule has 6 rings (SSSR count). The van der Waals surface area contributed by atoms with Crippen LogP contribution < -0.4 is 69.7 Å². The molecule has 0 amide bonds. The number of hydrogen-bond acceptors (Lipinski definition) is 12. The molecule has 6 aromatic carbocycles. The van der Waals surface area contributed by atoms with E-state index in [-0.39, 0.29) is 68.9 Å². The van der Waals surface area contributed by atoms with Crippen LogP contribution in [0.3, 0.4) is 0 Å². The first-order chi connectivity index (χ1) is 24.8. The van der Waals surface area contributed by atoms with Gasteiger partial charge in [-0.25, -0.2) is 16.8 Å². The van der Waals surface area contributed by atoms with Crippen molar-refractivity contribution in [1.29, 1.82) is 0 Å². The number of benzene rings is 6. The monoisotopic (exact) mass is 780 g/mol. The van der Waals surface area contributed by atoms with Crippen LogP contribution in [0.5, 0.6) is 0 Å². The SMILES string of the molecule is CCNc1ccc2ccc(S(=O)(=O)[O-])cc2c1N=Nc1ccc(-c2ccc(N=Nc3c(NCC)ccc4ccc(S(=O)(=O)[O-])cc34)c(C)c2)cc1C.[Na+].[Na+]. The van der Waals surface area contributed by atoms with Crippen LogP contribution >= 0.6 is 0 Å². The number of fused-ring (bicyclic) bond motifs is 2. The minimum atomic E-state index is -4.67. The van der Waals surface area contributed by atoms with E-state index in [9.17, 15) is 25.9 Å². The molecular weight excluding hydrogens is 747 g/mol. The fraction of sp³-hybridized carbons (Fsp3) is 0.158. The van der Waals surface area contributed by atoms with E-state index >= 15 is 0 Å². The molecule has 0 radical (unpaired) electrons. The van der Waals surface area contributed by atoms with Crippen molar-refractivity contribution >= 4 is 75.9 Å². The minimum absolute atomic E-state index is 0. The van der Waals surface area contributed by atoms with Crippen molar-refractivity contribution in [3.63, 3.8) is 0 Å². The quantitative estimate of drug-likeness (QED) is 0.113. The van der Waals surface area contributed by atoms with Crippen LogP contribution in [0.2, 0.25) is 0 Å². The average molecular weight is 781 g/mol. The van der Waals surface area contributed by atoms with E-state index in [1.54, 1.807) is 12.1 Å². The summed E-state index contributed by atoms with van der Waals surface area (Å²) in [6.45, 7) is 8.88. The van der Waals surface area contributed by atoms with Crippen molar-refractivity contribution in [2.75, 3.05) is 23.7 Å². The van der Waals surface area contributed by atoms with Gasteiger partial charge in [-0.1, -0.05) is 36.4 Å². The van der Waals surface area contributed by atoms with Crippen molar-refractivity contribution < 1.29 is 85.1 Å². The summed E-state index contributed by atoms with van der Waals surface area (Å²) >= 11 is 0. The van der Waals surface area contributed by atoms with Gasteiger partial charge in [0.05, 0.1) is 32.5 Å². The number of rotatable bonds is 11. The van der Waals surface area contributed by atoms with E-state index in [2.05, 4.69) is 31.1 Å². The van der Waals surface area contributed by atoms with Crippen molar-refractivity contribution in [2.45, 2.75) is 37.5 Å². The molecule has 0 saturated carbocycles. The third kappa shape index (κ3) is 9.63. The van der Waals surface area contributed by atoms with Crippen LogP contribution in [0.25, 0.3) is 32.7 Å². The number of nitrogens with one attached hydrogen (secondary N) is 2. The Hall–Kier alpha value is -3.54. The zero-order chi connectivity index (χ0) is 37.2. The Labute approximate surface area is 358 Å². The molecule has 0 aliphatic rings. The standard InChI is InChI=1S/C38H36N6O6S2.2Na/c1-5-39-35-17-9-25-7-13-29(51(45,46)47)21-31(25)37(35)43-41-33-15-11-27(19-23(33)3)28-12-16-34(24(4)20-28)42-44-38-32-22-30(52(48,49)50)14-8-26(32)10-18-36(38)40-6-2;;/h7-22,39-40H,5-6H2,1-4H3,(H,45,46,47)(H,48,49,50);;/q;2*+1/p-2. The van der Waals surface area contributed by atoms with Crippen molar-refractivity contribution in [3.05, 3.63) is 108 Å². The molecule has 266 valence electrons. The molecule has 6 aromatic rings. The predicted molar refractivity (Wildman–Crippen MR) is 202 cm³/mol.